The highest BCUT2D eigenvalue weighted by molar-refractivity contribution is 8.00. The minimum absolute atomic E-state index is 0.525. The number of carbonyl (C=O) groups is 2. The normalized spacial score (nSPS) is 11.6. The van der Waals surface area contributed by atoms with Crippen LogP contribution < -0.4 is 11.5 Å². The molecule has 90 valence electrons. The summed E-state index contributed by atoms with van der Waals surface area (Å²) in [4.78, 5) is 30.0. The lowest BCUT2D eigenvalue weighted by atomic mass is 10.6. The van der Waals surface area contributed by atoms with Crippen LogP contribution in [0.15, 0.2) is 25.3 Å². The van der Waals surface area contributed by atoms with Crippen LogP contribution in [0.25, 0.3) is 0 Å². The molecule has 0 aliphatic carbocycles. The van der Waals surface area contributed by atoms with Crippen LogP contribution in [-0.2, 0) is 9.68 Å². The molecular weight excluding hydrogens is 234 g/mol. The first-order valence-corrected chi connectivity index (χ1v) is 5.15. The van der Waals surface area contributed by atoms with Crippen molar-refractivity contribution in [1.82, 2.24) is 5.23 Å². The molecule has 4 N–H and O–H groups in total. The van der Waals surface area contributed by atoms with Gasteiger partial charge in [-0.15, -0.1) is 24.9 Å². The standard InChI is InChI=1S/C8H13N3O4S/c1-3-5-16-6(4-2)11(14-7(9)12)15-8(10)13/h3-4,6H,1-2,5H2,(H2,9,12)(H2,10,13). The van der Waals surface area contributed by atoms with Crippen LogP contribution in [0.1, 0.15) is 0 Å². The molecule has 0 aromatic carbocycles. The highest BCUT2D eigenvalue weighted by Gasteiger charge is 2.23. The molecule has 0 aliphatic heterocycles. The highest BCUT2D eigenvalue weighted by Crippen LogP contribution is 2.17. The Morgan fingerprint density at radius 1 is 1.31 bits per heavy atom. The molecule has 8 heteroatoms. The van der Waals surface area contributed by atoms with E-state index in [1.807, 2.05) is 0 Å². The Bertz CT molecular complexity index is 268. The van der Waals surface area contributed by atoms with Crippen molar-refractivity contribution in [1.29, 1.82) is 0 Å². The summed E-state index contributed by atoms with van der Waals surface area (Å²) in [6.45, 7) is 7.00. The van der Waals surface area contributed by atoms with E-state index in [0.717, 1.165) is 0 Å². The van der Waals surface area contributed by atoms with Gasteiger partial charge in [0.1, 0.15) is 5.37 Å². The minimum Gasteiger partial charge on any atom is -0.333 e. The maximum Gasteiger partial charge on any atom is 0.426 e. The Morgan fingerprint density at radius 2 is 1.81 bits per heavy atom. The molecule has 0 aliphatic rings. The van der Waals surface area contributed by atoms with Crippen molar-refractivity contribution in [3.8, 4) is 0 Å². The highest BCUT2D eigenvalue weighted by atomic mass is 32.2. The van der Waals surface area contributed by atoms with Crippen molar-refractivity contribution in [2.45, 2.75) is 5.37 Å². The van der Waals surface area contributed by atoms with Crippen LogP contribution in [0, 0.1) is 0 Å². The van der Waals surface area contributed by atoms with Crippen LogP contribution in [0.4, 0.5) is 9.59 Å². The summed E-state index contributed by atoms with van der Waals surface area (Å²) >= 11 is 1.24. The van der Waals surface area contributed by atoms with E-state index < -0.39 is 17.6 Å². The number of amides is 2. The number of rotatable bonds is 7. The Labute approximate surface area is 96.9 Å². The van der Waals surface area contributed by atoms with Gasteiger partial charge in [0.2, 0.25) is 0 Å². The summed E-state index contributed by atoms with van der Waals surface area (Å²) in [7, 11) is 0. The largest absolute Gasteiger partial charge is 0.426 e. The van der Waals surface area contributed by atoms with Gasteiger partial charge in [-0.1, -0.05) is 12.2 Å². The van der Waals surface area contributed by atoms with Crippen molar-refractivity contribution in [3.05, 3.63) is 25.3 Å². The van der Waals surface area contributed by atoms with Gasteiger partial charge in [-0.25, -0.2) is 9.59 Å². The van der Waals surface area contributed by atoms with E-state index in [1.54, 1.807) is 6.08 Å². The summed E-state index contributed by atoms with van der Waals surface area (Å²) in [5.41, 5.74) is 9.58. The van der Waals surface area contributed by atoms with Crippen LogP contribution in [0.2, 0.25) is 0 Å². The quantitative estimate of drug-likeness (QED) is 0.390. The fourth-order valence-corrected chi connectivity index (χ4v) is 1.36. The van der Waals surface area contributed by atoms with E-state index in [4.69, 9.17) is 11.5 Å². The van der Waals surface area contributed by atoms with E-state index in [0.29, 0.717) is 11.0 Å². The number of nitrogens with zero attached hydrogens (tertiary/aromatic N) is 1. The molecule has 2 amide bonds. The molecule has 0 aromatic rings. The molecule has 0 heterocycles. The molecule has 0 saturated carbocycles. The van der Waals surface area contributed by atoms with Crippen molar-refractivity contribution >= 4 is 23.9 Å². The average Bonchev–Trinajstić information content (AvgIpc) is 2.16. The molecule has 0 spiro atoms. The first kappa shape index (κ1) is 14.3. The maximum absolute atomic E-state index is 10.5. The van der Waals surface area contributed by atoms with Crippen molar-refractivity contribution < 1.29 is 19.3 Å². The first-order chi connectivity index (χ1) is 7.51. The van der Waals surface area contributed by atoms with Gasteiger partial charge in [-0.2, -0.15) is 0 Å². The molecule has 0 fully saturated rings. The Hall–Kier alpha value is -1.67. The molecular formula is C8H13N3O4S. The van der Waals surface area contributed by atoms with E-state index in [-0.39, 0.29) is 0 Å². The van der Waals surface area contributed by atoms with Crippen LogP contribution in [-0.4, -0.2) is 28.5 Å². The summed E-state index contributed by atoms with van der Waals surface area (Å²) < 4.78 is 0. The van der Waals surface area contributed by atoms with Gasteiger partial charge in [-0.3, -0.25) is 0 Å². The van der Waals surface area contributed by atoms with Gasteiger partial charge in [0.15, 0.2) is 0 Å². The summed E-state index contributed by atoms with van der Waals surface area (Å²) in [6, 6.07) is 0. The minimum atomic E-state index is -1.13. The second-order valence-corrected chi connectivity index (χ2v) is 3.50. The zero-order valence-electron chi connectivity index (χ0n) is 8.50. The van der Waals surface area contributed by atoms with Gasteiger partial charge in [-0.05, 0) is 0 Å². The lowest BCUT2D eigenvalue weighted by Gasteiger charge is -2.23. The molecule has 0 aromatic heterocycles. The summed E-state index contributed by atoms with van der Waals surface area (Å²) in [5, 5.41) is -0.0516. The van der Waals surface area contributed by atoms with Crippen molar-refractivity contribution in [3.63, 3.8) is 0 Å². The molecule has 0 radical (unpaired) electrons. The van der Waals surface area contributed by atoms with Gasteiger partial charge in [0, 0.05) is 5.75 Å². The van der Waals surface area contributed by atoms with Gasteiger partial charge >= 0.3 is 12.2 Å². The number of hydrogen-bond acceptors (Lipinski definition) is 6. The Morgan fingerprint density at radius 3 is 2.12 bits per heavy atom. The van der Waals surface area contributed by atoms with Crippen LogP contribution in [0.5, 0.6) is 0 Å². The predicted octanol–water partition coefficient (Wildman–Crippen LogP) is 0.740. The zero-order chi connectivity index (χ0) is 12.6. The number of hydrogen-bond donors (Lipinski definition) is 2. The van der Waals surface area contributed by atoms with Crippen molar-refractivity contribution in [2.24, 2.45) is 11.5 Å². The summed E-state index contributed by atoms with van der Waals surface area (Å²) in [6.07, 6.45) is 0.744. The Kier molecular flexibility index (Phi) is 6.81. The smallest absolute Gasteiger partial charge is 0.333 e. The third kappa shape index (κ3) is 5.94. The third-order valence-electron chi connectivity index (χ3n) is 1.15. The van der Waals surface area contributed by atoms with Gasteiger partial charge in [0.25, 0.3) is 0 Å². The van der Waals surface area contributed by atoms with Gasteiger partial charge in [0.05, 0.1) is 5.23 Å². The topological polar surface area (TPSA) is 108 Å². The molecule has 1 atom stereocenters. The first-order valence-electron chi connectivity index (χ1n) is 4.10. The number of hydroxylamine groups is 2. The molecule has 0 saturated heterocycles. The van der Waals surface area contributed by atoms with Crippen LogP contribution >= 0.6 is 11.8 Å². The van der Waals surface area contributed by atoms with E-state index in [1.165, 1.54) is 17.8 Å². The van der Waals surface area contributed by atoms with Crippen molar-refractivity contribution in [2.75, 3.05) is 5.75 Å². The van der Waals surface area contributed by atoms with Crippen LogP contribution in [0.3, 0.4) is 0 Å². The SMILES string of the molecule is C=CCSC(C=C)N(OC(N)=O)OC(N)=O. The number of carbonyl (C=O) groups excluding carboxylic acids is 2. The average molecular weight is 247 g/mol. The van der Waals surface area contributed by atoms with E-state index in [2.05, 4.69) is 22.8 Å². The lowest BCUT2D eigenvalue weighted by Crippen LogP contribution is -2.39. The second kappa shape index (κ2) is 7.60. The number of nitrogens with two attached hydrogens (primary N) is 2. The molecule has 1 unspecified atom stereocenters. The third-order valence-corrected chi connectivity index (χ3v) is 2.29. The fraction of sp³-hybridized carbons (Fsp3) is 0.250. The van der Waals surface area contributed by atoms with Gasteiger partial charge < -0.3 is 21.1 Å². The summed E-state index contributed by atoms with van der Waals surface area (Å²) in [5.74, 6) is 0.525. The molecule has 16 heavy (non-hydrogen) atoms. The number of thioether (sulfide) groups is 1. The zero-order valence-corrected chi connectivity index (χ0v) is 9.31. The van der Waals surface area contributed by atoms with E-state index >= 15 is 0 Å². The fourth-order valence-electron chi connectivity index (χ4n) is 0.681. The number of primary amides is 2. The predicted molar refractivity (Wildman–Crippen MR) is 59.8 cm³/mol. The maximum atomic E-state index is 10.5. The Balaban J connectivity index is 4.53. The lowest BCUT2D eigenvalue weighted by molar-refractivity contribution is -0.294. The molecule has 7 nitrogen and oxygen atoms in total. The molecule has 0 bridgehead atoms. The van der Waals surface area contributed by atoms with E-state index in [9.17, 15) is 9.59 Å². The molecule has 0 rings (SSSR count). The monoisotopic (exact) mass is 247 g/mol. The second-order valence-electron chi connectivity index (χ2n) is 2.35.